The number of carbonyl (C=O) groups is 2. The van der Waals surface area contributed by atoms with E-state index >= 15 is 0 Å². The zero-order valence-electron chi connectivity index (χ0n) is 8.86. The van der Waals surface area contributed by atoms with Crippen molar-refractivity contribution in [3.63, 3.8) is 0 Å². The fourth-order valence-electron chi connectivity index (χ4n) is 0.994. The second-order valence-electron chi connectivity index (χ2n) is 3.32. The summed E-state index contributed by atoms with van der Waals surface area (Å²) in [4.78, 5) is 21.4. The van der Waals surface area contributed by atoms with Crippen LogP contribution in [0.5, 0.6) is 0 Å². The third kappa shape index (κ3) is 6.68. The minimum atomic E-state index is -1.10. The molecule has 0 bridgehead atoms. The molecule has 0 saturated carbocycles. The molecule has 15 heavy (non-hydrogen) atoms. The molecule has 3 N–H and O–H groups in total. The minimum Gasteiger partial charge on any atom is -0.481 e. The van der Waals surface area contributed by atoms with E-state index in [0.29, 0.717) is 0 Å². The SMILES string of the molecule is C=C(CC(=O)O)C(=O)OCC(N)CCC. The topological polar surface area (TPSA) is 89.6 Å². The third-order valence-corrected chi connectivity index (χ3v) is 1.74. The van der Waals surface area contributed by atoms with Gasteiger partial charge in [0.2, 0.25) is 0 Å². The fraction of sp³-hybridized carbons (Fsp3) is 0.600. The van der Waals surface area contributed by atoms with Crippen molar-refractivity contribution in [1.82, 2.24) is 0 Å². The van der Waals surface area contributed by atoms with Gasteiger partial charge in [0, 0.05) is 11.6 Å². The summed E-state index contributed by atoms with van der Waals surface area (Å²) in [5, 5.41) is 8.40. The number of rotatable bonds is 7. The van der Waals surface area contributed by atoms with Gasteiger partial charge in [0.1, 0.15) is 6.61 Å². The van der Waals surface area contributed by atoms with Crippen LogP contribution in [0.2, 0.25) is 0 Å². The van der Waals surface area contributed by atoms with E-state index in [1.807, 2.05) is 6.92 Å². The van der Waals surface area contributed by atoms with Crippen LogP contribution >= 0.6 is 0 Å². The average molecular weight is 215 g/mol. The Balaban J connectivity index is 3.83. The summed E-state index contributed by atoms with van der Waals surface area (Å²) < 4.78 is 4.79. The molecule has 0 spiro atoms. The Hall–Kier alpha value is -1.36. The Morgan fingerprint density at radius 1 is 1.53 bits per heavy atom. The first-order chi connectivity index (χ1) is 6.97. The van der Waals surface area contributed by atoms with Gasteiger partial charge in [-0.15, -0.1) is 0 Å². The van der Waals surface area contributed by atoms with Crippen molar-refractivity contribution in [3.05, 3.63) is 12.2 Å². The number of hydrogen-bond acceptors (Lipinski definition) is 4. The molecule has 5 heteroatoms. The first-order valence-corrected chi connectivity index (χ1v) is 4.79. The van der Waals surface area contributed by atoms with Gasteiger partial charge in [0.05, 0.1) is 6.42 Å². The highest BCUT2D eigenvalue weighted by molar-refractivity contribution is 5.92. The molecule has 0 aromatic rings. The van der Waals surface area contributed by atoms with Gasteiger partial charge in [0.15, 0.2) is 0 Å². The normalized spacial score (nSPS) is 11.9. The van der Waals surface area contributed by atoms with Crippen LogP contribution in [-0.2, 0) is 14.3 Å². The van der Waals surface area contributed by atoms with Crippen LogP contribution in [0.4, 0.5) is 0 Å². The maximum Gasteiger partial charge on any atom is 0.334 e. The predicted molar refractivity (Wildman–Crippen MR) is 55.2 cm³/mol. The molecule has 1 unspecified atom stereocenters. The summed E-state index contributed by atoms with van der Waals surface area (Å²) >= 11 is 0. The molecule has 0 amide bonds. The van der Waals surface area contributed by atoms with Gasteiger partial charge in [-0.05, 0) is 6.42 Å². The zero-order valence-corrected chi connectivity index (χ0v) is 8.86. The molecule has 0 heterocycles. The van der Waals surface area contributed by atoms with Gasteiger partial charge < -0.3 is 15.6 Å². The van der Waals surface area contributed by atoms with E-state index in [2.05, 4.69) is 6.58 Å². The van der Waals surface area contributed by atoms with E-state index < -0.39 is 18.4 Å². The molecule has 0 aromatic heterocycles. The summed E-state index contributed by atoms with van der Waals surface area (Å²) in [5.41, 5.74) is 5.55. The maximum atomic E-state index is 11.1. The monoisotopic (exact) mass is 215 g/mol. The quantitative estimate of drug-likeness (QED) is 0.481. The standard InChI is InChI=1S/C10H17NO4/c1-3-4-8(11)6-15-10(14)7(2)5-9(12)13/h8H,2-6,11H2,1H3,(H,12,13). The number of carboxylic acid groups (broad SMARTS) is 1. The number of carbonyl (C=O) groups excluding carboxylic acids is 1. The van der Waals surface area contributed by atoms with Gasteiger partial charge in [-0.25, -0.2) is 4.79 Å². The summed E-state index contributed by atoms with van der Waals surface area (Å²) in [7, 11) is 0. The fourth-order valence-corrected chi connectivity index (χ4v) is 0.994. The van der Waals surface area contributed by atoms with Crippen LogP contribution in [0, 0.1) is 0 Å². The smallest absolute Gasteiger partial charge is 0.334 e. The van der Waals surface area contributed by atoms with Crippen molar-refractivity contribution in [2.75, 3.05) is 6.61 Å². The van der Waals surface area contributed by atoms with Crippen LogP contribution in [-0.4, -0.2) is 29.7 Å². The van der Waals surface area contributed by atoms with Crippen LogP contribution in [0.15, 0.2) is 12.2 Å². The molecule has 0 radical (unpaired) electrons. The highest BCUT2D eigenvalue weighted by Gasteiger charge is 2.13. The number of nitrogens with two attached hydrogens (primary N) is 1. The van der Waals surface area contributed by atoms with Crippen LogP contribution in [0.25, 0.3) is 0 Å². The molecule has 5 nitrogen and oxygen atoms in total. The summed E-state index contributed by atoms with van der Waals surface area (Å²) in [5.74, 6) is -1.79. The molecule has 1 atom stereocenters. The van der Waals surface area contributed by atoms with E-state index in [-0.39, 0.29) is 18.2 Å². The van der Waals surface area contributed by atoms with Crippen molar-refractivity contribution in [1.29, 1.82) is 0 Å². The number of esters is 1. The Labute approximate surface area is 88.9 Å². The van der Waals surface area contributed by atoms with Crippen molar-refractivity contribution in [2.24, 2.45) is 5.73 Å². The molecule has 0 aliphatic heterocycles. The number of ether oxygens (including phenoxy) is 1. The first-order valence-electron chi connectivity index (χ1n) is 4.79. The lowest BCUT2D eigenvalue weighted by Gasteiger charge is -2.11. The molecule has 0 saturated heterocycles. The molecular weight excluding hydrogens is 198 g/mol. The van der Waals surface area contributed by atoms with Gasteiger partial charge >= 0.3 is 11.9 Å². The Morgan fingerprint density at radius 3 is 2.60 bits per heavy atom. The number of hydrogen-bond donors (Lipinski definition) is 2. The Morgan fingerprint density at radius 2 is 2.13 bits per heavy atom. The van der Waals surface area contributed by atoms with Crippen molar-refractivity contribution >= 4 is 11.9 Å². The third-order valence-electron chi connectivity index (χ3n) is 1.74. The van der Waals surface area contributed by atoms with Gasteiger partial charge in [-0.2, -0.15) is 0 Å². The van der Waals surface area contributed by atoms with Crippen molar-refractivity contribution in [2.45, 2.75) is 32.2 Å². The van der Waals surface area contributed by atoms with E-state index in [1.54, 1.807) is 0 Å². The maximum absolute atomic E-state index is 11.1. The van der Waals surface area contributed by atoms with Crippen molar-refractivity contribution in [3.8, 4) is 0 Å². The lowest BCUT2D eigenvalue weighted by molar-refractivity contribution is -0.143. The lowest BCUT2D eigenvalue weighted by atomic mass is 10.2. The molecule has 0 aliphatic rings. The van der Waals surface area contributed by atoms with Crippen molar-refractivity contribution < 1.29 is 19.4 Å². The lowest BCUT2D eigenvalue weighted by Crippen LogP contribution is -2.28. The van der Waals surface area contributed by atoms with Gasteiger partial charge in [-0.3, -0.25) is 4.79 Å². The average Bonchev–Trinajstić information content (AvgIpc) is 2.13. The summed E-state index contributed by atoms with van der Waals surface area (Å²) in [6.45, 7) is 5.40. The Kier molecular flexibility index (Phi) is 6.37. The van der Waals surface area contributed by atoms with E-state index in [0.717, 1.165) is 12.8 Å². The predicted octanol–water partition coefficient (Wildman–Crippen LogP) is 0.688. The van der Waals surface area contributed by atoms with Crippen LogP contribution in [0.1, 0.15) is 26.2 Å². The van der Waals surface area contributed by atoms with E-state index in [9.17, 15) is 9.59 Å². The zero-order chi connectivity index (χ0) is 11.8. The largest absolute Gasteiger partial charge is 0.481 e. The Bertz CT molecular complexity index is 250. The molecule has 0 fully saturated rings. The first kappa shape index (κ1) is 13.6. The van der Waals surface area contributed by atoms with E-state index in [1.165, 1.54) is 0 Å². The van der Waals surface area contributed by atoms with Gasteiger partial charge in [-0.1, -0.05) is 19.9 Å². The molecule has 0 aliphatic carbocycles. The summed E-state index contributed by atoms with van der Waals surface area (Å²) in [6, 6.07) is -0.198. The number of carboxylic acids is 1. The van der Waals surface area contributed by atoms with E-state index in [4.69, 9.17) is 15.6 Å². The molecular formula is C10H17NO4. The molecule has 0 rings (SSSR count). The second-order valence-corrected chi connectivity index (χ2v) is 3.32. The molecule has 86 valence electrons. The summed E-state index contributed by atoms with van der Waals surface area (Å²) in [6.07, 6.45) is 1.27. The van der Waals surface area contributed by atoms with Crippen LogP contribution in [0.3, 0.4) is 0 Å². The minimum absolute atomic E-state index is 0.0637. The molecule has 0 aromatic carbocycles. The second kappa shape index (κ2) is 7.00. The van der Waals surface area contributed by atoms with Crippen LogP contribution < -0.4 is 5.73 Å². The van der Waals surface area contributed by atoms with Gasteiger partial charge in [0.25, 0.3) is 0 Å². The highest BCUT2D eigenvalue weighted by atomic mass is 16.5. The highest BCUT2D eigenvalue weighted by Crippen LogP contribution is 2.02. The number of aliphatic carboxylic acids is 1.